The lowest BCUT2D eigenvalue weighted by atomic mass is 9.95. The van der Waals surface area contributed by atoms with E-state index in [4.69, 9.17) is 4.74 Å². The number of nitrogens with zero attached hydrogens (tertiary/aromatic N) is 1. The molecule has 0 fully saturated rings. The van der Waals surface area contributed by atoms with Crippen molar-refractivity contribution in [3.05, 3.63) is 93.7 Å². The van der Waals surface area contributed by atoms with Gasteiger partial charge in [-0.1, -0.05) is 12.1 Å². The maximum Gasteiger partial charge on any atom is 0.417 e. The summed E-state index contributed by atoms with van der Waals surface area (Å²) in [6.45, 7) is -0.627. The zero-order valence-corrected chi connectivity index (χ0v) is 19.2. The van der Waals surface area contributed by atoms with Gasteiger partial charge in [0.25, 0.3) is 0 Å². The van der Waals surface area contributed by atoms with Gasteiger partial charge in [0.2, 0.25) is 5.88 Å². The summed E-state index contributed by atoms with van der Waals surface area (Å²) in [7, 11) is 0. The molecule has 12 heteroatoms. The molecule has 0 bridgehead atoms. The van der Waals surface area contributed by atoms with Crippen LogP contribution in [0.4, 0.5) is 35.1 Å². The highest BCUT2D eigenvalue weighted by Crippen LogP contribution is 2.44. The number of alkyl halides is 6. The van der Waals surface area contributed by atoms with Crippen molar-refractivity contribution in [2.45, 2.75) is 38.2 Å². The van der Waals surface area contributed by atoms with Gasteiger partial charge in [0.05, 0.1) is 16.7 Å². The molecule has 1 N–H and O–H groups in total. The average Bonchev–Trinajstić information content (AvgIpc) is 3.32. The van der Waals surface area contributed by atoms with E-state index in [1.165, 1.54) is 6.07 Å². The Balaban J connectivity index is 1.76. The van der Waals surface area contributed by atoms with Crippen LogP contribution in [0.25, 0.3) is 11.1 Å². The second kappa shape index (κ2) is 10.1. The highest BCUT2D eigenvalue weighted by molar-refractivity contribution is 5.96. The van der Waals surface area contributed by atoms with E-state index < -0.39 is 53.3 Å². The molecule has 1 aliphatic rings. The molecule has 200 valence electrons. The SMILES string of the molecule is O=C(O)c1cc(C2=C(c3cc(C(F)(F)F)cnc3OCc3ccc(C(F)(F)F)cc3F)CCC2)ccc1F. The third-order valence-electron chi connectivity index (χ3n) is 6.01. The summed E-state index contributed by atoms with van der Waals surface area (Å²) >= 11 is 0. The lowest BCUT2D eigenvalue weighted by Gasteiger charge is -2.17. The number of benzene rings is 2. The van der Waals surface area contributed by atoms with E-state index in [-0.39, 0.29) is 35.1 Å². The summed E-state index contributed by atoms with van der Waals surface area (Å²) in [6, 6.07) is 5.90. The van der Waals surface area contributed by atoms with E-state index in [0.717, 1.165) is 24.3 Å². The molecule has 2 aromatic carbocycles. The van der Waals surface area contributed by atoms with Crippen LogP contribution in [0, 0.1) is 11.6 Å². The molecule has 0 atom stereocenters. The van der Waals surface area contributed by atoms with Crippen molar-refractivity contribution in [3.63, 3.8) is 0 Å². The number of carbonyl (C=O) groups is 1. The molecule has 1 aliphatic carbocycles. The predicted molar refractivity (Wildman–Crippen MR) is 119 cm³/mol. The Labute approximate surface area is 210 Å². The molecule has 0 amide bonds. The number of allylic oxidation sites excluding steroid dienone is 2. The van der Waals surface area contributed by atoms with E-state index in [1.807, 2.05) is 0 Å². The fraction of sp³-hybridized carbons (Fsp3) is 0.231. The van der Waals surface area contributed by atoms with Gasteiger partial charge in [0.15, 0.2) is 0 Å². The third-order valence-corrected chi connectivity index (χ3v) is 6.01. The van der Waals surface area contributed by atoms with Gasteiger partial charge in [-0.15, -0.1) is 0 Å². The second-order valence-electron chi connectivity index (χ2n) is 8.48. The molecule has 0 saturated heterocycles. The molecule has 1 heterocycles. The lowest BCUT2D eigenvalue weighted by molar-refractivity contribution is -0.138. The Morgan fingerprint density at radius 2 is 1.55 bits per heavy atom. The van der Waals surface area contributed by atoms with Crippen molar-refractivity contribution in [2.24, 2.45) is 0 Å². The Bertz CT molecular complexity index is 1430. The van der Waals surface area contributed by atoms with Gasteiger partial charge in [0.1, 0.15) is 18.2 Å². The zero-order chi connectivity index (χ0) is 27.8. The number of aromatic nitrogens is 1. The van der Waals surface area contributed by atoms with Gasteiger partial charge in [0, 0.05) is 17.3 Å². The van der Waals surface area contributed by atoms with Crippen LogP contribution in [-0.2, 0) is 19.0 Å². The quantitative estimate of drug-likeness (QED) is 0.323. The molecule has 0 radical (unpaired) electrons. The van der Waals surface area contributed by atoms with Crippen molar-refractivity contribution in [2.75, 3.05) is 0 Å². The molecule has 0 unspecified atom stereocenters. The van der Waals surface area contributed by atoms with Gasteiger partial charge in [-0.3, -0.25) is 0 Å². The van der Waals surface area contributed by atoms with Crippen molar-refractivity contribution in [3.8, 4) is 5.88 Å². The number of pyridine rings is 1. The second-order valence-corrected chi connectivity index (χ2v) is 8.48. The summed E-state index contributed by atoms with van der Waals surface area (Å²) < 4.78 is 113. The topological polar surface area (TPSA) is 59.4 Å². The minimum absolute atomic E-state index is 0.0964. The van der Waals surface area contributed by atoms with Gasteiger partial charge < -0.3 is 9.84 Å². The van der Waals surface area contributed by atoms with Gasteiger partial charge >= 0.3 is 18.3 Å². The molecular weight excluding hydrogens is 526 g/mol. The number of halogens is 8. The van der Waals surface area contributed by atoms with Crippen LogP contribution in [-0.4, -0.2) is 16.1 Å². The van der Waals surface area contributed by atoms with E-state index in [9.17, 15) is 45.0 Å². The molecule has 1 aromatic heterocycles. The Morgan fingerprint density at radius 3 is 2.18 bits per heavy atom. The van der Waals surface area contributed by atoms with Crippen LogP contribution in [0.5, 0.6) is 5.88 Å². The molecule has 3 aromatic rings. The van der Waals surface area contributed by atoms with E-state index >= 15 is 0 Å². The van der Waals surface area contributed by atoms with E-state index in [0.29, 0.717) is 36.3 Å². The Kier molecular flexibility index (Phi) is 7.18. The molecule has 0 saturated carbocycles. The van der Waals surface area contributed by atoms with Crippen molar-refractivity contribution in [1.82, 2.24) is 4.98 Å². The maximum absolute atomic E-state index is 14.3. The monoisotopic (exact) mass is 543 g/mol. The first-order chi connectivity index (χ1) is 17.8. The van der Waals surface area contributed by atoms with Crippen LogP contribution in [0.2, 0.25) is 0 Å². The fourth-order valence-corrected chi connectivity index (χ4v) is 4.16. The summed E-state index contributed by atoms with van der Waals surface area (Å²) in [5.41, 5.74) is -2.23. The van der Waals surface area contributed by atoms with Crippen LogP contribution >= 0.6 is 0 Å². The molecular formula is C26H17F8NO3. The molecule has 38 heavy (non-hydrogen) atoms. The van der Waals surface area contributed by atoms with Crippen LogP contribution in [0.1, 0.15) is 57.4 Å². The smallest absolute Gasteiger partial charge is 0.417 e. The fourth-order valence-electron chi connectivity index (χ4n) is 4.16. The Hall–Kier alpha value is -3.96. The number of hydrogen-bond acceptors (Lipinski definition) is 3. The van der Waals surface area contributed by atoms with Gasteiger partial charge in [-0.05, 0) is 66.3 Å². The summed E-state index contributed by atoms with van der Waals surface area (Å²) in [5, 5.41) is 9.24. The first-order valence-corrected chi connectivity index (χ1v) is 11.1. The Morgan fingerprint density at radius 1 is 0.868 bits per heavy atom. The minimum atomic E-state index is -4.77. The average molecular weight is 543 g/mol. The van der Waals surface area contributed by atoms with E-state index in [2.05, 4.69) is 4.98 Å². The first-order valence-electron chi connectivity index (χ1n) is 11.1. The summed E-state index contributed by atoms with van der Waals surface area (Å²) in [4.78, 5) is 15.1. The normalized spacial score (nSPS) is 14.2. The first kappa shape index (κ1) is 27.1. The standard InChI is InChI=1S/C26H17F8NO3/c27-21-7-5-13(8-20(21)24(36)37)17-2-1-3-18(17)19-9-16(26(32,33)34)11-35-23(19)38-12-14-4-6-15(10-22(14)28)25(29,30)31/h4-11H,1-3,12H2,(H,36,37). The van der Waals surface area contributed by atoms with Gasteiger partial charge in [-0.25, -0.2) is 18.6 Å². The van der Waals surface area contributed by atoms with Crippen LogP contribution in [0.15, 0.2) is 48.7 Å². The number of carboxylic acids is 1. The van der Waals surface area contributed by atoms with Crippen molar-refractivity contribution >= 4 is 17.1 Å². The molecule has 4 rings (SSSR count). The van der Waals surface area contributed by atoms with Crippen LogP contribution < -0.4 is 4.74 Å². The number of aromatic carboxylic acids is 1. The zero-order valence-electron chi connectivity index (χ0n) is 19.2. The molecule has 0 aliphatic heterocycles. The van der Waals surface area contributed by atoms with Gasteiger partial charge in [-0.2, -0.15) is 26.3 Å². The highest BCUT2D eigenvalue weighted by Gasteiger charge is 2.34. The van der Waals surface area contributed by atoms with Crippen molar-refractivity contribution < 1.29 is 49.8 Å². The lowest BCUT2D eigenvalue weighted by Crippen LogP contribution is -2.10. The third kappa shape index (κ3) is 5.63. The number of hydrogen-bond donors (Lipinski definition) is 1. The largest absolute Gasteiger partial charge is 0.478 e. The van der Waals surface area contributed by atoms with E-state index in [1.54, 1.807) is 0 Å². The maximum atomic E-state index is 14.3. The molecule has 4 nitrogen and oxygen atoms in total. The van der Waals surface area contributed by atoms with Crippen LogP contribution in [0.3, 0.4) is 0 Å². The minimum Gasteiger partial charge on any atom is -0.478 e. The predicted octanol–water partition coefficient (Wildman–Crippen LogP) is 7.77. The number of ether oxygens (including phenoxy) is 1. The number of carboxylic acid groups (broad SMARTS) is 1. The highest BCUT2D eigenvalue weighted by atomic mass is 19.4. The number of rotatable bonds is 6. The molecule has 0 spiro atoms. The summed E-state index contributed by atoms with van der Waals surface area (Å²) in [5.74, 6) is -4.05. The summed E-state index contributed by atoms with van der Waals surface area (Å²) in [6.07, 6.45) is -7.96. The van der Waals surface area contributed by atoms with Crippen molar-refractivity contribution in [1.29, 1.82) is 0 Å².